The minimum atomic E-state index is -4.32. The number of carbonyl (C=O) groups is 1. The van der Waals surface area contributed by atoms with Gasteiger partial charge in [-0.15, -0.1) is 0 Å². The monoisotopic (exact) mass is 293 g/mol. The molecular weight excluding hydrogens is 279 g/mol. The lowest BCUT2D eigenvalue weighted by atomic mass is 10.1. The highest BCUT2D eigenvalue weighted by Crippen LogP contribution is 2.30. The molecule has 0 saturated heterocycles. The number of hydrogen-bond donors (Lipinski definition) is 0. The quantitative estimate of drug-likeness (QED) is 0.789. The highest BCUT2D eigenvalue weighted by Gasteiger charge is 2.30. The number of nitrogens with zero attached hydrogens (tertiary/aromatic N) is 1. The van der Waals surface area contributed by atoms with Gasteiger partial charge < -0.3 is 4.90 Å². The first kappa shape index (κ1) is 15.1. The van der Waals surface area contributed by atoms with E-state index < -0.39 is 11.7 Å². The van der Waals surface area contributed by atoms with Gasteiger partial charge in [-0.3, -0.25) is 4.79 Å². The average molecular weight is 293 g/mol. The number of alkyl halides is 3. The fraction of sp³-hybridized carbons (Fsp3) is 0.188. The van der Waals surface area contributed by atoms with Crippen molar-refractivity contribution >= 4 is 12.0 Å². The van der Waals surface area contributed by atoms with Crippen LogP contribution in [0.25, 0.3) is 0 Å². The third-order valence-electron chi connectivity index (χ3n) is 3.14. The van der Waals surface area contributed by atoms with Crippen LogP contribution in [0, 0.1) is 0 Å². The van der Waals surface area contributed by atoms with Gasteiger partial charge in [0.25, 0.3) is 0 Å². The molecule has 0 radical (unpaired) electrons. The molecule has 0 amide bonds. The lowest BCUT2D eigenvalue weighted by molar-refractivity contribution is -0.137. The van der Waals surface area contributed by atoms with E-state index in [0.29, 0.717) is 17.8 Å². The summed E-state index contributed by atoms with van der Waals surface area (Å²) in [6.45, 7) is 0.507. The van der Waals surface area contributed by atoms with Crippen molar-refractivity contribution in [1.29, 1.82) is 0 Å². The number of rotatable bonds is 4. The molecule has 0 fully saturated rings. The first-order valence-electron chi connectivity index (χ1n) is 6.32. The lowest BCUT2D eigenvalue weighted by Gasteiger charge is -2.20. The molecule has 0 aliphatic rings. The second kappa shape index (κ2) is 5.99. The SMILES string of the molecule is CN(Cc1cccc(C=O)c1)c1ccc(C(F)(F)F)cc1. The summed E-state index contributed by atoms with van der Waals surface area (Å²) in [5, 5.41) is 0. The largest absolute Gasteiger partial charge is 0.416 e. The van der Waals surface area contributed by atoms with Crippen molar-refractivity contribution < 1.29 is 18.0 Å². The molecule has 2 aromatic carbocycles. The third-order valence-corrected chi connectivity index (χ3v) is 3.14. The number of aldehydes is 1. The van der Waals surface area contributed by atoms with Crippen molar-refractivity contribution in [3.05, 3.63) is 65.2 Å². The standard InChI is InChI=1S/C16H14F3NO/c1-20(10-12-3-2-4-13(9-12)11-21)15-7-5-14(6-8-15)16(17,18)19/h2-9,11H,10H2,1H3. The first-order valence-corrected chi connectivity index (χ1v) is 6.32. The molecule has 5 heteroatoms. The van der Waals surface area contributed by atoms with Crippen molar-refractivity contribution in [3.63, 3.8) is 0 Å². The van der Waals surface area contributed by atoms with Crippen LogP contribution in [-0.4, -0.2) is 13.3 Å². The molecule has 0 aromatic heterocycles. The Hall–Kier alpha value is -2.30. The molecule has 0 heterocycles. The second-order valence-corrected chi connectivity index (χ2v) is 4.76. The Balaban J connectivity index is 2.12. The molecule has 0 N–H and O–H groups in total. The van der Waals surface area contributed by atoms with Gasteiger partial charge in [-0.2, -0.15) is 13.2 Å². The Morgan fingerprint density at radius 3 is 2.33 bits per heavy atom. The Morgan fingerprint density at radius 1 is 1.10 bits per heavy atom. The summed E-state index contributed by atoms with van der Waals surface area (Å²) in [7, 11) is 1.79. The van der Waals surface area contributed by atoms with Gasteiger partial charge in [-0.05, 0) is 35.9 Å². The van der Waals surface area contributed by atoms with E-state index in [1.165, 1.54) is 12.1 Å². The number of halogens is 3. The highest BCUT2D eigenvalue weighted by atomic mass is 19.4. The number of benzene rings is 2. The van der Waals surface area contributed by atoms with E-state index in [1.54, 1.807) is 25.2 Å². The van der Waals surface area contributed by atoms with Gasteiger partial charge in [0.05, 0.1) is 5.56 Å². The predicted octanol–water partition coefficient (Wildman–Crippen LogP) is 4.15. The summed E-state index contributed by atoms with van der Waals surface area (Å²) in [6, 6.07) is 12.1. The summed E-state index contributed by atoms with van der Waals surface area (Å²) in [6.07, 6.45) is -3.56. The maximum Gasteiger partial charge on any atom is 0.416 e. The normalized spacial score (nSPS) is 11.2. The van der Waals surface area contributed by atoms with Crippen molar-refractivity contribution in [2.75, 3.05) is 11.9 Å². The topological polar surface area (TPSA) is 20.3 Å². The van der Waals surface area contributed by atoms with Crippen LogP contribution in [0.15, 0.2) is 48.5 Å². The van der Waals surface area contributed by atoms with E-state index in [4.69, 9.17) is 0 Å². The maximum atomic E-state index is 12.5. The molecule has 21 heavy (non-hydrogen) atoms. The maximum absolute atomic E-state index is 12.5. The molecule has 0 aliphatic heterocycles. The molecule has 0 saturated carbocycles. The third kappa shape index (κ3) is 3.84. The average Bonchev–Trinajstić information content (AvgIpc) is 2.46. The smallest absolute Gasteiger partial charge is 0.370 e. The second-order valence-electron chi connectivity index (χ2n) is 4.76. The van der Waals surface area contributed by atoms with E-state index in [9.17, 15) is 18.0 Å². The molecular formula is C16H14F3NO. The van der Waals surface area contributed by atoms with Crippen LogP contribution >= 0.6 is 0 Å². The zero-order valence-corrected chi connectivity index (χ0v) is 11.4. The summed E-state index contributed by atoms with van der Waals surface area (Å²) >= 11 is 0. The highest BCUT2D eigenvalue weighted by molar-refractivity contribution is 5.75. The Morgan fingerprint density at radius 2 is 1.76 bits per heavy atom. The zero-order chi connectivity index (χ0) is 15.5. The molecule has 0 unspecified atom stereocenters. The molecule has 110 valence electrons. The van der Waals surface area contributed by atoms with Crippen molar-refractivity contribution in [3.8, 4) is 0 Å². The summed E-state index contributed by atoms with van der Waals surface area (Å²) in [5.41, 5.74) is 1.51. The van der Waals surface area contributed by atoms with Crippen LogP contribution in [0.2, 0.25) is 0 Å². The van der Waals surface area contributed by atoms with Crippen molar-refractivity contribution in [2.45, 2.75) is 12.7 Å². The molecule has 0 bridgehead atoms. The molecule has 0 atom stereocenters. The number of hydrogen-bond acceptors (Lipinski definition) is 2. The van der Waals surface area contributed by atoms with E-state index in [-0.39, 0.29) is 0 Å². The van der Waals surface area contributed by atoms with Gasteiger partial charge in [0.2, 0.25) is 0 Å². The number of anilines is 1. The van der Waals surface area contributed by atoms with Crippen LogP contribution in [0.3, 0.4) is 0 Å². The van der Waals surface area contributed by atoms with Crippen molar-refractivity contribution in [1.82, 2.24) is 0 Å². The summed E-state index contributed by atoms with van der Waals surface area (Å²) < 4.78 is 37.5. The molecule has 2 aromatic rings. The van der Waals surface area contributed by atoms with Crippen LogP contribution in [0.4, 0.5) is 18.9 Å². The Labute approximate surface area is 120 Å². The Bertz CT molecular complexity index is 620. The lowest BCUT2D eigenvalue weighted by Crippen LogP contribution is -2.16. The minimum Gasteiger partial charge on any atom is -0.370 e. The van der Waals surface area contributed by atoms with Crippen molar-refractivity contribution in [2.24, 2.45) is 0 Å². The zero-order valence-electron chi connectivity index (χ0n) is 11.4. The summed E-state index contributed by atoms with van der Waals surface area (Å²) in [4.78, 5) is 12.5. The van der Waals surface area contributed by atoms with Gasteiger partial charge in [0.15, 0.2) is 0 Å². The fourth-order valence-corrected chi connectivity index (χ4v) is 2.03. The van der Waals surface area contributed by atoms with Gasteiger partial charge in [-0.1, -0.05) is 18.2 Å². The van der Waals surface area contributed by atoms with Gasteiger partial charge in [0.1, 0.15) is 6.29 Å². The fourth-order valence-electron chi connectivity index (χ4n) is 2.03. The van der Waals surface area contributed by atoms with Crippen LogP contribution in [0.1, 0.15) is 21.5 Å². The van der Waals surface area contributed by atoms with E-state index >= 15 is 0 Å². The minimum absolute atomic E-state index is 0.507. The molecule has 2 rings (SSSR count). The van der Waals surface area contributed by atoms with E-state index in [1.807, 2.05) is 11.0 Å². The molecule has 0 aliphatic carbocycles. The van der Waals surface area contributed by atoms with Crippen LogP contribution in [0.5, 0.6) is 0 Å². The van der Waals surface area contributed by atoms with Gasteiger partial charge >= 0.3 is 6.18 Å². The first-order chi connectivity index (χ1) is 9.90. The van der Waals surface area contributed by atoms with E-state index in [0.717, 1.165) is 24.0 Å². The van der Waals surface area contributed by atoms with E-state index in [2.05, 4.69) is 0 Å². The van der Waals surface area contributed by atoms with Gasteiger partial charge in [0, 0.05) is 24.8 Å². The number of carbonyl (C=O) groups excluding carboxylic acids is 1. The van der Waals surface area contributed by atoms with Gasteiger partial charge in [-0.25, -0.2) is 0 Å². The molecule has 0 spiro atoms. The Kier molecular flexibility index (Phi) is 4.31. The summed E-state index contributed by atoms with van der Waals surface area (Å²) in [5.74, 6) is 0. The van der Waals surface area contributed by atoms with Crippen LogP contribution in [-0.2, 0) is 12.7 Å². The predicted molar refractivity (Wildman–Crippen MR) is 75.4 cm³/mol. The molecule has 2 nitrogen and oxygen atoms in total. The van der Waals surface area contributed by atoms with Crippen LogP contribution < -0.4 is 4.90 Å².